The standard InChI is InChI=1S/C6H6N4S/c1-11-10-3-6-5(7-4-10)2-8-9-6/h2-4H,1H3. The molecular formula is C6H6N4S. The van der Waals surface area contributed by atoms with E-state index in [1.807, 2.05) is 16.4 Å². The summed E-state index contributed by atoms with van der Waals surface area (Å²) >= 11 is 1.57. The summed E-state index contributed by atoms with van der Waals surface area (Å²) in [4.78, 5) is 4.13. The maximum absolute atomic E-state index is 4.13. The largest absolute Gasteiger partial charge is 0.280 e. The van der Waals surface area contributed by atoms with Gasteiger partial charge in [0.15, 0.2) is 0 Å². The van der Waals surface area contributed by atoms with Crippen LogP contribution in [0.1, 0.15) is 0 Å². The minimum absolute atomic E-state index is 0.835. The smallest absolute Gasteiger partial charge is 0.130 e. The summed E-state index contributed by atoms with van der Waals surface area (Å²) in [6.07, 6.45) is 7.28. The minimum atomic E-state index is 0.835. The van der Waals surface area contributed by atoms with Gasteiger partial charge in [0.1, 0.15) is 17.7 Å². The fraction of sp³-hybridized carbons (Fsp3) is 0.167. The Morgan fingerprint density at radius 1 is 1.45 bits per heavy atom. The lowest BCUT2D eigenvalue weighted by atomic mass is 10.4. The molecule has 0 bridgehead atoms. The molecule has 0 atom stereocenters. The zero-order chi connectivity index (χ0) is 7.68. The third kappa shape index (κ3) is 1.07. The molecule has 0 saturated carbocycles. The zero-order valence-corrected chi connectivity index (χ0v) is 6.75. The van der Waals surface area contributed by atoms with Crippen molar-refractivity contribution >= 4 is 11.9 Å². The van der Waals surface area contributed by atoms with Gasteiger partial charge < -0.3 is 0 Å². The number of rotatable bonds is 1. The van der Waals surface area contributed by atoms with Crippen LogP contribution in [-0.4, -0.2) is 25.4 Å². The summed E-state index contributed by atoms with van der Waals surface area (Å²) in [5, 5.41) is 7.62. The van der Waals surface area contributed by atoms with Crippen molar-refractivity contribution in [3.8, 4) is 11.4 Å². The molecule has 0 radical (unpaired) electrons. The van der Waals surface area contributed by atoms with E-state index in [0.717, 1.165) is 11.4 Å². The average Bonchev–Trinajstić information content (AvgIpc) is 2.50. The molecule has 0 aromatic rings. The fourth-order valence-electron chi connectivity index (χ4n) is 0.827. The van der Waals surface area contributed by atoms with Gasteiger partial charge in [0, 0.05) is 12.5 Å². The molecule has 0 aromatic carbocycles. The molecule has 11 heavy (non-hydrogen) atoms. The summed E-state index contributed by atoms with van der Waals surface area (Å²) in [5.74, 6) is 0. The van der Waals surface area contributed by atoms with Gasteiger partial charge in [-0.2, -0.15) is 5.10 Å². The fourth-order valence-corrected chi connectivity index (χ4v) is 1.17. The van der Waals surface area contributed by atoms with Crippen molar-refractivity contribution in [1.82, 2.24) is 19.2 Å². The second kappa shape index (κ2) is 2.50. The lowest BCUT2D eigenvalue weighted by Gasteiger charge is -2.00. The second-order valence-corrected chi connectivity index (χ2v) is 2.82. The minimum Gasteiger partial charge on any atom is -0.280 e. The van der Waals surface area contributed by atoms with Crippen LogP contribution < -0.4 is 0 Å². The third-order valence-corrected chi connectivity index (χ3v) is 2.00. The molecule has 5 heteroatoms. The highest BCUT2D eigenvalue weighted by Gasteiger charge is 2.05. The number of nitrogens with zero attached hydrogens (tertiary/aromatic N) is 4. The van der Waals surface area contributed by atoms with Crippen LogP contribution in [0.4, 0.5) is 0 Å². The normalized spacial score (nSPS) is 10.6. The Morgan fingerprint density at radius 3 is 3.18 bits per heavy atom. The predicted molar refractivity (Wildman–Crippen MR) is 43.4 cm³/mol. The Labute approximate surface area is 68.1 Å². The van der Waals surface area contributed by atoms with Gasteiger partial charge in [0.25, 0.3) is 0 Å². The van der Waals surface area contributed by atoms with Crippen LogP contribution in [0.5, 0.6) is 0 Å². The summed E-state index contributed by atoms with van der Waals surface area (Å²) in [5.41, 5.74) is 1.68. The maximum Gasteiger partial charge on any atom is 0.130 e. The molecule has 2 rings (SSSR count). The first-order valence-corrected chi connectivity index (χ1v) is 4.28. The molecule has 2 aliphatic rings. The lowest BCUT2D eigenvalue weighted by Crippen LogP contribution is -1.91. The first kappa shape index (κ1) is 6.60. The molecule has 0 fully saturated rings. The van der Waals surface area contributed by atoms with E-state index >= 15 is 0 Å². The van der Waals surface area contributed by atoms with Gasteiger partial charge in [0.2, 0.25) is 0 Å². The Bertz CT molecular complexity index is 331. The first-order valence-electron chi connectivity index (χ1n) is 3.10. The van der Waals surface area contributed by atoms with E-state index in [1.165, 1.54) is 0 Å². The lowest BCUT2D eigenvalue weighted by molar-refractivity contribution is 1.07. The van der Waals surface area contributed by atoms with Crippen LogP contribution in [0, 0.1) is 0 Å². The van der Waals surface area contributed by atoms with Crippen molar-refractivity contribution < 1.29 is 0 Å². The van der Waals surface area contributed by atoms with Gasteiger partial charge in [-0.25, -0.2) is 4.98 Å². The number of hydrogen-bond acceptors (Lipinski definition) is 4. The number of fused-ring (bicyclic) bond motifs is 1. The van der Waals surface area contributed by atoms with Crippen LogP contribution in [0.15, 0.2) is 18.7 Å². The summed E-state index contributed by atoms with van der Waals surface area (Å²) < 4.78 is 1.89. The van der Waals surface area contributed by atoms with Crippen molar-refractivity contribution in [1.29, 1.82) is 0 Å². The number of aromatic nitrogens is 4. The van der Waals surface area contributed by atoms with E-state index < -0.39 is 0 Å². The van der Waals surface area contributed by atoms with Crippen molar-refractivity contribution in [2.75, 3.05) is 6.26 Å². The third-order valence-electron chi connectivity index (χ3n) is 1.38. The van der Waals surface area contributed by atoms with E-state index in [2.05, 4.69) is 15.2 Å². The van der Waals surface area contributed by atoms with Crippen molar-refractivity contribution in [3.05, 3.63) is 18.7 Å². The molecule has 0 aromatic heterocycles. The van der Waals surface area contributed by atoms with Gasteiger partial charge in [-0.15, -0.1) is 5.10 Å². The molecule has 0 aliphatic carbocycles. The van der Waals surface area contributed by atoms with Crippen molar-refractivity contribution in [2.24, 2.45) is 0 Å². The van der Waals surface area contributed by atoms with Crippen molar-refractivity contribution in [2.45, 2.75) is 0 Å². The molecule has 4 nitrogen and oxygen atoms in total. The maximum atomic E-state index is 4.13. The highest BCUT2D eigenvalue weighted by Crippen LogP contribution is 2.14. The second-order valence-electron chi connectivity index (χ2n) is 2.03. The van der Waals surface area contributed by atoms with Gasteiger partial charge in [-0.3, -0.25) is 3.97 Å². The molecule has 0 spiro atoms. The number of hydrogen-bond donors (Lipinski definition) is 0. The van der Waals surface area contributed by atoms with Gasteiger partial charge >= 0.3 is 0 Å². The monoisotopic (exact) mass is 166 g/mol. The molecular weight excluding hydrogens is 160 g/mol. The van der Waals surface area contributed by atoms with Crippen LogP contribution in [0.25, 0.3) is 11.4 Å². The first-order chi connectivity index (χ1) is 5.40. The zero-order valence-electron chi connectivity index (χ0n) is 5.93. The topological polar surface area (TPSA) is 43.6 Å². The Kier molecular flexibility index (Phi) is 1.50. The van der Waals surface area contributed by atoms with E-state index in [-0.39, 0.29) is 0 Å². The quantitative estimate of drug-likeness (QED) is 0.631. The van der Waals surface area contributed by atoms with Crippen molar-refractivity contribution in [3.63, 3.8) is 0 Å². The molecule has 2 heterocycles. The molecule has 2 aliphatic heterocycles. The molecule has 0 saturated heterocycles. The highest BCUT2D eigenvalue weighted by atomic mass is 32.2. The van der Waals surface area contributed by atoms with Crippen LogP contribution >= 0.6 is 11.9 Å². The summed E-state index contributed by atoms with van der Waals surface area (Å²) in [6.45, 7) is 0. The molecule has 0 amide bonds. The summed E-state index contributed by atoms with van der Waals surface area (Å²) in [6, 6.07) is 0. The summed E-state index contributed by atoms with van der Waals surface area (Å²) in [7, 11) is 0. The van der Waals surface area contributed by atoms with Gasteiger partial charge in [-0.05, 0) is 11.9 Å². The molecule has 56 valence electrons. The van der Waals surface area contributed by atoms with Crippen LogP contribution in [-0.2, 0) is 0 Å². The highest BCUT2D eigenvalue weighted by molar-refractivity contribution is 7.97. The van der Waals surface area contributed by atoms with E-state index in [4.69, 9.17) is 0 Å². The van der Waals surface area contributed by atoms with Crippen LogP contribution in [0.3, 0.4) is 0 Å². The SMILES string of the molecule is CSn1cnc2cnnc-2c1. The Morgan fingerprint density at radius 2 is 2.36 bits per heavy atom. The Balaban J connectivity index is 2.59. The Hall–Kier alpha value is -1.10. The van der Waals surface area contributed by atoms with Gasteiger partial charge in [-0.1, -0.05) is 0 Å². The average molecular weight is 166 g/mol. The van der Waals surface area contributed by atoms with E-state index in [0.29, 0.717) is 0 Å². The van der Waals surface area contributed by atoms with E-state index in [9.17, 15) is 0 Å². The van der Waals surface area contributed by atoms with Gasteiger partial charge in [0.05, 0.1) is 6.20 Å². The van der Waals surface area contributed by atoms with Crippen LogP contribution in [0.2, 0.25) is 0 Å². The van der Waals surface area contributed by atoms with E-state index in [1.54, 1.807) is 24.5 Å². The predicted octanol–water partition coefficient (Wildman–Crippen LogP) is 0.904. The molecule has 0 N–H and O–H groups in total. The molecule has 0 unspecified atom stereocenters.